The molecule has 11 heteroatoms. The van der Waals surface area contributed by atoms with Crippen LogP contribution in [0.5, 0.6) is 0 Å². The SMILES string of the molecule is CC(Cl)C(=O)c1cccc(C(F)(F)F)c1F.O=S(=O)(Cl)Cl. The minimum absolute atomic E-state index is 0.574. The zero-order valence-corrected chi connectivity index (χ0v) is 13.2. The Labute approximate surface area is 131 Å². The van der Waals surface area contributed by atoms with Crippen molar-refractivity contribution in [2.45, 2.75) is 18.5 Å². The van der Waals surface area contributed by atoms with Gasteiger partial charge in [-0.05, 0) is 19.1 Å². The van der Waals surface area contributed by atoms with Crippen LogP contribution in [0.25, 0.3) is 0 Å². The second kappa shape index (κ2) is 7.62. The maximum absolute atomic E-state index is 13.4. The average molecular weight is 390 g/mol. The Hall–Kier alpha value is -0.570. The Bertz CT molecular complexity index is 606. The summed E-state index contributed by atoms with van der Waals surface area (Å²) < 4.78 is 68.6. The van der Waals surface area contributed by atoms with Crippen LogP contribution in [-0.2, 0) is 14.4 Å². The van der Waals surface area contributed by atoms with E-state index in [0.717, 1.165) is 12.1 Å². The molecule has 0 aromatic heterocycles. The monoisotopic (exact) mass is 388 g/mol. The van der Waals surface area contributed by atoms with Crippen LogP contribution in [0.4, 0.5) is 17.6 Å². The van der Waals surface area contributed by atoms with Crippen LogP contribution in [0.3, 0.4) is 0 Å². The summed E-state index contributed by atoms with van der Waals surface area (Å²) in [6, 6.07) is 2.52. The normalized spacial score (nSPS) is 13.1. The molecular weight excluding hydrogens is 383 g/mol. The molecule has 120 valence electrons. The van der Waals surface area contributed by atoms with Crippen LogP contribution in [0.1, 0.15) is 22.8 Å². The van der Waals surface area contributed by atoms with Gasteiger partial charge < -0.3 is 0 Å². The highest BCUT2D eigenvalue weighted by Crippen LogP contribution is 2.32. The predicted molar refractivity (Wildman–Crippen MR) is 71.7 cm³/mol. The molecule has 1 unspecified atom stereocenters. The quantitative estimate of drug-likeness (QED) is 0.327. The molecule has 0 bridgehead atoms. The first-order chi connectivity index (χ1) is 9.25. The van der Waals surface area contributed by atoms with Crippen molar-refractivity contribution in [1.29, 1.82) is 0 Å². The van der Waals surface area contributed by atoms with E-state index in [-0.39, 0.29) is 0 Å². The zero-order valence-electron chi connectivity index (χ0n) is 10.1. The van der Waals surface area contributed by atoms with Crippen LogP contribution >= 0.6 is 33.0 Å². The summed E-state index contributed by atoms with van der Waals surface area (Å²) in [5.41, 5.74) is -2.10. The molecule has 0 fully saturated rings. The summed E-state index contributed by atoms with van der Waals surface area (Å²) in [6.07, 6.45) is -4.82. The van der Waals surface area contributed by atoms with Gasteiger partial charge in [0.15, 0.2) is 5.78 Å². The number of carbonyl (C=O) groups is 1. The van der Waals surface area contributed by atoms with Gasteiger partial charge in [-0.15, -0.1) is 11.6 Å². The first-order valence-corrected chi connectivity index (χ1v) is 8.50. The van der Waals surface area contributed by atoms with E-state index in [1.807, 2.05) is 0 Å². The average Bonchev–Trinajstić information content (AvgIpc) is 2.24. The number of ketones is 1. The first-order valence-electron chi connectivity index (χ1n) is 4.93. The van der Waals surface area contributed by atoms with Gasteiger partial charge in [-0.1, -0.05) is 6.07 Å². The fourth-order valence-electron chi connectivity index (χ4n) is 1.16. The lowest BCUT2D eigenvalue weighted by Gasteiger charge is -2.11. The number of carbonyl (C=O) groups excluding carboxylic acids is 1. The lowest BCUT2D eigenvalue weighted by molar-refractivity contribution is -0.140. The molecule has 0 aliphatic carbocycles. The molecular formula is C10H7Cl3F4O3S. The summed E-state index contributed by atoms with van der Waals surface area (Å²) in [6.45, 7) is 1.27. The van der Waals surface area contributed by atoms with E-state index in [4.69, 9.17) is 20.0 Å². The van der Waals surface area contributed by atoms with Crippen molar-refractivity contribution in [3.63, 3.8) is 0 Å². The first kappa shape index (κ1) is 20.4. The lowest BCUT2D eigenvalue weighted by atomic mass is 10.0. The Morgan fingerprint density at radius 1 is 1.24 bits per heavy atom. The second-order valence-corrected chi connectivity index (χ2v) is 7.85. The smallest absolute Gasteiger partial charge is 0.292 e. The molecule has 0 spiro atoms. The summed E-state index contributed by atoms with van der Waals surface area (Å²) in [5, 5.41) is -1.07. The Kier molecular flexibility index (Phi) is 7.41. The third-order valence-electron chi connectivity index (χ3n) is 1.93. The number of rotatable bonds is 2. The van der Waals surface area contributed by atoms with Crippen LogP contribution in [0, 0.1) is 5.82 Å². The minimum Gasteiger partial charge on any atom is -0.292 e. The molecule has 0 saturated heterocycles. The topological polar surface area (TPSA) is 51.2 Å². The van der Waals surface area contributed by atoms with Gasteiger partial charge in [-0.25, -0.2) is 4.39 Å². The predicted octanol–water partition coefficient (Wildman–Crippen LogP) is 4.36. The molecule has 1 aromatic rings. The van der Waals surface area contributed by atoms with Crippen molar-refractivity contribution in [3.8, 4) is 0 Å². The Balaban J connectivity index is 0.000000690. The number of benzene rings is 1. The van der Waals surface area contributed by atoms with Gasteiger partial charge in [0.05, 0.1) is 16.5 Å². The maximum atomic E-state index is 13.4. The number of halogens is 7. The third kappa shape index (κ3) is 7.85. The molecule has 0 amide bonds. The zero-order chi connectivity index (χ0) is 17.0. The lowest BCUT2D eigenvalue weighted by Crippen LogP contribution is -2.16. The van der Waals surface area contributed by atoms with Crippen molar-refractivity contribution in [2.24, 2.45) is 0 Å². The molecule has 1 aromatic carbocycles. The van der Waals surface area contributed by atoms with Crippen molar-refractivity contribution >= 4 is 47.0 Å². The standard InChI is InChI=1S/C10H7ClF4O.Cl2O2S/c1-5(11)9(16)6-3-2-4-7(8(6)12)10(13,14)15;1-5(2,3)4/h2-5H,1H3;. The molecule has 0 aliphatic heterocycles. The van der Waals surface area contributed by atoms with Crippen molar-refractivity contribution in [3.05, 3.63) is 35.1 Å². The minimum atomic E-state index is -4.82. The van der Waals surface area contributed by atoms with Crippen LogP contribution in [-0.4, -0.2) is 19.6 Å². The fourth-order valence-corrected chi connectivity index (χ4v) is 1.27. The van der Waals surface area contributed by atoms with Crippen LogP contribution in [0.15, 0.2) is 18.2 Å². The number of hydrogen-bond donors (Lipinski definition) is 0. The summed E-state index contributed by atoms with van der Waals surface area (Å²) in [7, 11) is 4.81. The van der Waals surface area contributed by atoms with Crippen LogP contribution < -0.4 is 0 Å². The van der Waals surface area contributed by atoms with Gasteiger partial charge >= 0.3 is 14.4 Å². The summed E-state index contributed by atoms with van der Waals surface area (Å²) in [4.78, 5) is 11.3. The van der Waals surface area contributed by atoms with E-state index >= 15 is 0 Å². The number of Topliss-reactive ketones (excluding diaryl/α,β-unsaturated/α-hetero) is 1. The van der Waals surface area contributed by atoms with Crippen molar-refractivity contribution in [1.82, 2.24) is 0 Å². The van der Waals surface area contributed by atoms with E-state index in [1.54, 1.807) is 0 Å². The maximum Gasteiger partial charge on any atom is 0.419 e. The number of hydrogen-bond acceptors (Lipinski definition) is 3. The van der Waals surface area contributed by atoms with Crippen molar-refractivity contribution < 1.29 is 30.8 Å². The second-order valence-electron chi connectivity index (χ2n) is 3.52. The van der Waals surface area contributed by atoms with Crippen LogP contribution in [0.2, 0.25) is 0 Å². The third-order valence-corrected chi connectivity index (χ3v) is 2.13. The van der Waals surface area contributed by atoms with Gasteiger partial charge in [0.1, 0.15) is 5.82 Å². The van der Waals surface area contributed by atoms with E-state index in [2.05, 4.69) is 21.4 Å². The molecule has 0 aliphatic rings. The Morgan fingerprint density at radius 3 is 2.00 bits per heavy atom. The van der Waals surface area contributed by atoms with Crippen molar-refractivity contribution in [2.75, 3.05) is 0 Å². The van der Waals surface area contributed by atoms with Gasteiger partial charge in [0.25, 0.3) is 0 Å². The summed E-state index contributed by atoms with van der Waals surface area (Å²) in [5.74, 6) is -2.45. The molecule has 0 saturated carbocycles. The van der Waals surface area contributed by atoms with Gasteiger partial charge in [-0.3, -0.25) is 4.79 Å². The van der Waals surface area contributed by atoms with Gasteiger partial charge in [0, 0.05) is 21.4 Å². The summed E-state index contributed by atoms with van der Waals surface area (Å²) >= 11 is 5.40. The molecule has 0 radical (unpaired) electrons. The van der Waals surface area contributed by atoms with E-state index in [0.29, 0.717) is 6.07 Å². The molecule has 0 heterocycles. The molecule has 21 heavy (non-hydrogen) atoms. The molecule has 3 nitrogen and oxygen atoms in total. The number of alkyl halides is 4. The van der Waals surface area contributed by atoms with E-state index in [1.165, 1.54) is 6.92 Å². The fraction of sp³-hybridized carbons (Fsp3) is 0.300. The largest absolute Gasteiger partial charge is 0.419 e. The molecule has 1 rings (SSSR count). The Morgan fingerprint density at radius 2 is 1.67 bits per heavy atom. The van der Waals surface area contributed by atoms with Gasteiger partial charge in [0.2, 0.25) is 0 Å². The highest BCUT2D eigenvalue weighted by Gasteiger charge is 2.35. The highest BCUT2D eigenvalue weighted by molar-refractivity contribution is 8.31. The van der Waals surface area contributed by atoms with Gasteiger partial charge in [-0.2, -0.15) is 21.6 Å². The van der Waals surface area contributed by atoms with E-state index < -0.39 is 42.5 Å². The van der Waals surface area contributed by atoms with E-state index in [9.17, 15) is 22.4 Å². The molecule has 0 N–H and O–H groups in total. The molecule has 1 atom stereocenters. The highest BCUT2D eigenvalue weighted by atomic mass is 36.0.